The van der Waals surface area contributed by atoms with Crippen LogP contribution in [-0.2, 0) is 0 Å². The first-order chi connectivity index (χ1) is 7.58. The number of hydrogen-bond donors (Lipinski definition) is 1. The number of rotatable bonds is 4. The van der Waals surface area contributed by atoms with Crippen LogP contribution in [0.4, 0.5) is 0 Å². The molecule has 2 aliphatic rings. The maximum Gasteiger partial charge on any atom is 0.0639 e. The van der Waals surface area contributed by atoms with Crippen molar-refractivity contribution in [3.63, 3.8) is 0 Å². The summed E-state index contributed by atoms with van der Waals surface area (Å²) in [6, 6.07) is 0. The lowest BCUT2D eigenvalue weighted by Gasteiger charge is -2.36. The van der Waals surface area contributed by atoms with Gasteiger partial charge in [-0.05, 0) is 56.3 Å². The third-order valence-corrected chi connectivity index (χ3v) is 4.97. The minimum atomic E-state index is 0.198. The summed E-state index contributed by atoms with van der Waals surface area (Å²) in [5.41, 5.74) is 2.99. The van der Waals surface area contributed by atoms with Crippen molar-refractivity contribution < 1.29 is 5.11 Å². The zero-order valence-corrected chi connectivity index (χ0v) is 10.6. The predicted octanol–water partition coefficient (Wildman–Crippen LogP) is 3.70. The fourth-order valence-electron chi connectivity index (χ4n) is 3.65. The summed E-state index contributed by atoms with van der Waals surface area (Å²) in [7, 11) is 0. The van der Waals surface area contributed by atoms with E-state index in [9.17, 15) is 0 Å². The summed E-state index contributed by atoms with van der Waals surface area (Å²) in [4.78, 5) is 0. The molecule has 2 bridgehead atoms. The summed E-state index contributed by atoms with van der Waals surface area (Å²) in [6.07, 6.45) is 8.66. The topological polar surface area (TPSA) is 20.2 Å². The Bertz CT molecular complexity index is 315. The molecule has 1 heteroatoms. The summed E-state index contributed by atoms with van der Waals surface area (Å²) >= 11 is 0. The second kappa shape index (κ2) is 4.37. The fourth-order valence-corrected chi connectivity index (χ4v) is 3.65. The monoisotopic (exact) mass is 220 g/mol. The quantitative estimate of drug-likeness (QED) is 0.716. The molecule has 0 aromatic heterocycles. The van der Waals surface area contributed by atoms with Crippen LogP contribution < -0.4 is 0 Å². The Morgan fingerprint density at radius 1 is 1.56 bits per heavy atom. The molecule has 2 rings (SSSR count). The van der Waals surface area contributed by atoms with E-state index >= 15 is 0 Å². The van der Waals surface area contributed by atoms with Crippen molar-refractivity contribution in [2.45, 2.75) is 46.0 Å². The van der Waals surface area contributed by atoms with Gasteiger partial charge < -0.3 is 5.11 Å². The molecule has 0 aliphatic heterocycles. The third-order valence-electron chi connectivity index (χ3n) is 4.97. The normalized spacial score (nSPS) is 38.4. The average molecular weight is 220 g/mol. The SMILES string of the molecule is C=C1[C@H]2CC[C@@H](C2)[C@]1(C)CC/C=C(/C)CO. The molecule has 2 fully saturated rings. The van der Waals surface area contributed by atoms with Crippen molar-refractivity contribution in [1.82, 2.24) is 0 Å². The lowest BCUT2D eigenvalue weighted by molar-refractivity contribution is 0.240. The Morgan fingerprint density at radius 3 is 2.88 bits per heavy atom. The van der Waals surface area contributed by atoms with Crippen LogP contribution >= 0.6 is 0 Å². The second-order valence-electron chi connectivity index (χ2n) is 5.90. The van der Waals surface area contributed by atoms with E-state index in [1.54, 1.807) is 0 Å². The molecule has 0 amide bonds. The van der Waals surface area contributed by atoms with E-state index in [0.717, 1.165) is 23.8 Å². The highest BCUT2D eigenvalue weighted by Crippen LogP contribution is 2.60. The van der Waals surface area contributed by atoms with Gasteiger partial charge in [0.1, 0.15) is 0 Å². The van der Waals surface area contributed by atoms with E-state index in [4.69, 9.17) is 5.11 Å². The Hall–Kier alpha value is -0.560. The molecule has 0 aromatic carbocycles. The van der Waals surface area contributed by atoms with E-state index in [-0.39, 0.29) is 6.61 Å². The number of allylic oxidation sites excluding steroid dienone is 2. The zero-order chi connectivity index (χ0) is 11.8. The summed E-state index contributed by atoms with van der Waals surface area (Å²) in [5, 5.41) is 8.96. The van der Waals surface area contributed by atoms with Crippen LogP contribution in [0.1, 0.15) is 46.0 Å². The van der Waals surface area contributed by atoms with Gasteiger partial charge in [0.2, 0.25) is 0 Å². The Balaban J connectivity index is 1.96. The van der Waals surface area contributed by atoms with E-state index in [1.165, 1.54) is 31.3 Å². The summed E-state index contributed by atoms with van der Waals surface area (Å²) in [5.74, 6) is 1.70. The standard InChI is InChI=1S/C15H24O/c1-11(10-16)5-4-8-15(3)12(2)13-6-7-14(15)9-13/h5,13-14,16H,2,4,6-10H2,1,3H3/b11-5-/t13-,14-,15+/m0/s1. The van der Waals surface area contributed by atoms with Crippen molar-refractivity contribution in [3.05, 3.63) is 23.8 Å². The van der Waals surface area contributed by atoms with Gasteiger partial charge in [0.25, 0.3) is 0 Å². The molecular weight excluding hydrogens is 196 g/mol. The Morgan fingerprint density at radius 2 is 2.31 bits per heavy atom. The molecule has 0 heterocycles. The van der Waals surface area contributed by atoms with Crippen LogP contribution in [0.3, 0.4) is 0 Å². The van der Waals surface area contributed by atoms with Gasteiger partial charge in [-0.25, -0.2) is 0 Å². The molecule has 0 aromatic rings. The van der Waals surface area contributed by atoms with E-state index in [2.05, 4.69) is 19.6 Å². The second-order valence-corrected chi connectivity index (χ2v) is 5.90. The van der Waals surface area contributed by atoms with Gasteiger partial charge in [-0.2, -0.15) is 0 Å². The molecular formula is C15H24O. The summed E-state index contributed by atoms with van der Waals surface area (Å²) in [6.45, 7) is 8.94. The fraction of sp³-hybridized carbons (Fsp3) is 0.733. The van der Waals surface area contributed by atoms with Crippen LogP contribution in [-0.4, -0.2) is 11.7 Å². The molecule has 1 nitrogen and oxygen atoms in total. The van der Waals surface area contributed by atoms with Crippen molar-refractivity contribution in [1.29, 1.82) is 0 Å². The molecule has 0 radical (unpaired) electrons. The van der Waals surface area contributed by atoms with E-state index < -0.39 is 0 Å². The molecule has 1 N–H and O–H groups in total. The Labute approximate surface area is 99.3 Å². The van der Waals surface area contributed by atoms with Gasteiger partial charge in [-0.3, -0.25) is 0 Å². The van der Waals surface area contributed by atoms with Gasteiger partial charge in [0.05, 0.1) is 6.61 Å². The molecule has 3 atom stereocenters. The minimum Gasteiger partial charge on any atom is -0.392 e. The van der Waals surface area contributed by atoms with Crippen LogP contribution in [0, 0.1) is 17.3 Å². The largest absolute Gasteiger partial charge is 0.392 e. The molecule has 0 saturated heterocycles. The summed E-state index contributed by atoms with van der Waals surface area (Å²) < 4.78 is 0. The highest BCUT2D eigenvalue weighted by molar-refractivity contribution is 5.24. The lowest BCUT2D eigenvalue weighted by atomic mass is 9.69. The first-order valence-electron chi connectivity index (χ1n) is 6.53. The first-order valence-corrected chi connectivity index (χ1v) is 6.53. The maximum atomic E-state index is 8.96. The number of hydrogen-bond acceptors (Lipinski definition) is 1. The van der Waals surface area contributed by atoms with Gasteiger partial charge in [0, 0.05) is 0 Å². The molecule has 0 unspecified atom stereocenters. The molecule has 16 heavy (non-hydrogen) atoms. The predicted molar refractivity (Wildman–Crippen MR) is 68.2 cm³/mol. The van der Waals surface area contributed by atoms with Crippen LogP contribution in [0.5, 0.6) is 0 Å². The highest BCUT2D eigenvalue weighted by atomic mass is 16.3. The number of aliphatic hydroxyl groups is 1. The van der Waals surface area contributed by atoms with Crippen molar-refractivity contribution in [3.8, 4) is 0 Å². The smallest absolute Gasteiger partial charge is 0.0639 e. The zero-order valence-electron chi connectivity index (χ0n) is 10.6. The van der Waals surface area contributed by atoms with Crippen LogP contribution in [0.25, 0.3) is 0 Å². The third kappa shape index (κ3) is 1.86. The average Bonchev–Trinajstić information content (AvgIpc) is 2.83. The molecule has 0 spiro atoms. The number of aliphatic hydroxyl groups excluding tert-OH is 1. The van der Waals surface area contributed by atoms with Gasteiger partial charge in [-0.15, -0.1) is 0 Å². The van der Waals surface area contributed by atoms with Gasteiger partial charge in [-0.1, -0.05) is 30.7 Å². The van der Waals surface area contributed by atoms with Crippen molar-refractivity contribution in [2.75, 3.05) is 6.61 Å². The van der Waals surface area contributed by atoms with Gasteiger partial charge in [0.15, 0.2) is 0 Å². The van der Waals surface area contributed by atoms with E-state index in [0.29, 0.717) is 5.41 Å². The van der Waals surface area contributed by atoms with Crippen molar-refractivity contribution in [2.24, 2.45) is 17.3 Å². The molecule has 2 saturated carbocycles. The first kappa shape index (κ1) is 11.9. The van der Waals surface area contributed by atoms with Gasteiger partial charge >= 0.3 is 0 Å². The molecule has 2 aliphatic carbocycles. The van der Waals surface area contributed by atoms with Crippen molar-refractivity contribution >= 4 is 0 Å². The lowest BCUT2D eigenvalue weighted by Crippen LogP contribution is -2.26. The Kier molecular flexibility index (Phi) is 3.25. The van der Waals surface area contributed by atoms with Crippen LogP contribution in [0.2, 0.25) is 0 Å². The number of fused-ring (bicyclic) bond motifs is 2. The highest BCUT2D eigenvalue weighted by Gasteiger charge is 2.49. The van der Waals surface area contributed by atoms with Crippen LogP contribution in [0.15, 0.2) is 23.8 Å². The minimum absolute atomic E-state index is 0.198. The van der Waals surface area contributed by atoms with E-state index in [1.807, 2.05) is 6.92 Å². The molecule has 90 valence electrons. The maximum absolute atomic E-state index is 8.96.